The molecule has 16 heavy (non-hydrogen) atoms. The lowest BCUT2D eigenvalue weighted by Gasteiger charge is -2.11. The molecule has 0 fully saturated rings. The monoisotopic (exact) mass is 223 g/mol. The molecular formula is C12H21N3O. The van der Waals surface area contributed by atoms with Crippen LogP contribution in [-0.2, 0) is 6.54 Å². The molecule has 0 spiro atoms. The quantitative estimate of drug-likeness (QED) is 0.802. The summed E-state index contributed by atoms with van der Waals surface area (Å²) in [5.41, 5.74) is 0.935. The lowest BCUT2D eigenvalue weighted by Crippen LogP contribution is -2.22. The van der Waals surface area contributed by atoms with Crippen LogP contribution in [0, 0.1) is 0 Å². The SMILES string of the molecule is CCC(C)Oc1ccc(CNC(C)C)nn1. The molecule has 0 amide bonds. The summed E-state index contributed by atoms with van der Waals surface area (Å²) in [6.07, 6.45) is 1.16. The van der Waals surface area contributed by atoms with Gasteiger partial charge in [-0.2, -0.15) is 5.10 Å². The minimum Gasteiger partial charge on any atom is -0.474 e. The van der Waals surface area contributed by atoms with Crippen LogP contribution in [0.5, 0.6) is 5.88 Å². The Morgan fingerprint density at radius 1 is 1.25 bits per heavy atom. The largest absolute Gasteiger partial charge is 0.474 e. The maximum absolute atomic E-state index is 5.55. The molecular weight excluding hydrogens is 202 g/mol. The van der Waals surface area contributed by atoms with E-state index in [4.69, 9.17) is 4.74 Å². The van der Waals surface area contributed by atoms with Crippen LogP contribution in [0.25, 0.3) is 0 Å². The van der Waals surface area contributed by atoms with Gasteiger partial charge in [-0.1, -0.05) is 20.8 Å². The molecule has 1 rings (SSSR count). The predicted octanol–water partition coefficient (Wildman–Crippen LogP) is 2.15. The Hall–Kier alpha value is -1.16. The molecule has 0 radical (unpaired) electrons. The van der Waals surface area contributed by atoms with Gasteiger partial charge in [0.05, 0.1) is 11.8 Å². The zero-order chi connectivity index (χ0) is 12.0. The van der Waals surface area contributed by atoms with Crippen LogP contribution < -0.4 is 10.1 Å². The average molecular weight is 223 g/mol. The van der Waals surface area contributed by atoms with Crippen molar-refractivity contribution < 1.29 is 4.74 Å². The maximum atomic E-state index is 5.55. The zero-order valence-corrected chi connectivity index (χ0v) is 10.5. The van der Waals surface area contributed by atoms with Gasteiger partial charge in [0.2, 0.25) is 5.88 Å². The lowest BCUT2D eigenvalue weighted by molar-refractivity contribution is 0.206. The third kappa shape index (κ3) is 4.57. The van der Waals surface area contributed by atoms with Gasteiger partial charge in [0.1, 0.15) is 0 Å². The van der Waals surface area contributed by atoms with Crippen LogP contribution in [0.15, 0.2) is 12.1 Å². The normalized spacial score (nSPS) is 12.8. The second kappa shape index (κ2) is 6.43. The van der Waals surface area contributed by atoms with E-state index in [2.05, 4.69) is 36.3 Å². The molecule has 4 heteroatoms. The highest BCUT2D eigenvalue weighted by Crippen LogP contribution is 2.08. The smallest absolute Gasteiger partial charge is 0.233 e. The van der Waals surface area contributed by atoms with E-state index in [-0.39, 0.29) is 6.10 Å². The Kier molecular flexibility index (Phi) is 5.19. The summed E-state index contributed by atoms with van der Waals surface area (Å²) in [5.74, 6) is 0.600. The first kappa shape index (κ1) is 12.9. The van der Waals surface area contributed by atoms with Crippen molar-refractivity contribution >= 4 is 0 Å². The Balaban J connectivity index is 2.47. The van der Waals surface area contributed by atoms with E-state index < -0.39 is 0 Å². The van der Waals surface area contributed by atoms with Crippen LogP contribution in [0.2, 0.25) is 0 Å². The third-order valence-electron chi connectivity index (χ3n) is 2.28. The van der Waals surface area contributed by atoms with E-state index in [0.717, 1.165) is 18.7 Å². The lowest BCUT2D eigenvalue weighted by atomic mass is 10.3. The van der Waals surface area contributed by atoms with Crippen molar-refractivity contribution in [1.29, 1.82) is 0 Å². The highest BCUT2D eigenvalue weighted by molar-refractivity contribution is 5.11. The van der Waals surface area contributed by atoms with E-state index in [9.17, 15) is 0 Å². The highest BCUT2D eigenvalue weighted by Gasteiger charge is 2.03. The van der Waals surface area contributed by atoms with Crippen molar-refractivity contribution in [3.63, 3.8) is 0 Å². The molecule has 1 unspecified atom stereocenters. The van der Waals surface area contributed by atoms with Gasteiger partial charge in [0.15, 0.2) is 0 Å². The number of nitrogens with zero attached hydrogens (tertiary/aromatic N) is 2. The molecule has 1 atom stereocenters. The zero-order valence-electron chi connectivity index (χ0n) is 10.5. The second-order valence-corrected chi connectivity index (χ2v) is 4.24. The fourth-order valence-corrected chi connectivity index (χ4v) is 1.10. The molecule has 4 nitrogen and oxygen atoms in total. The summed E-state index contributed by atoms with van der Waals surface area (Å²) in [6, 6.07) is 4.27. The number of ether oxygens (including phenoxy) is 1. The molecule has 0 aliphatic heterocycles. The molecule has 90 valence electrons. The van der Waals surface area contributed by atoms with Crippen molar-refractivity contribution in [2.45, 2.75) is 52.8 Å². The topological polar surface area (TPSA) is 47.0 Å². The molecule has 0 aliphatic carbocycles. The molecule has 1 heterocycles. The van der Waals surface area contributed by atoms with Crippen molar-refractivity contribution in [3.8, 4) is 5.88 Å². The highest BCUT2D eigenvalue weighted by atomic mass is 16.5. The fraction of sp³-hybridized carbons (Fsp3) is 0.667. The van der Waals surface area contributed by atoms with Gasteiger partial charge in [0, 0.05) is 18.7 Å². The molecule has 1 N–H and O–H groups in total. The average Bonchev–Trinajstić information content (AvgIpc) is 2.28. The first-order chi connectivity index (χ1) is 7.61. The minimum atomic E-state index is 0.189. The molecule has 1 aromatic rings. The molecule has 0 bridgehead atoms. The van der Waals surface area contributed by atoms with Crippen LogP contribution >= 0.6 is 0 Å². The van der Waals surface area contributed by atoms with Gasteiger partial charge < -0.3 is 10.1 Å². The predicted molar refractivity (Wildman–Crippen MR) is 64.4 cm³/mol. The Morgan fingerprint density at radius 3 is 2.50 bits per heavy atom. The number of hydrogen-bond acceptors (Lipinski definition) is 4. The molecule has 0 saturated carbocycles. The third-order valence-corrected chi connectivity index (χ3v) is 2.28. The van der Waals surface area contributed by atoms with Gasteiger partial charge in [0.25, 0.3) is 0 Å². The summed E-state index contributed by atoms with van der Waals surface area (Å²) in [7, 11) is 0. The fourth-order valence-electron chi connectivity index (χ4n) is 1.10. The van der Waals surface area contributed by atoms with E-state index in [1.165, 1.54) is 0 Å². The van der Waals surface area contributed by atoms with Crippen molar-refractivity contribution in [2.75, 3.05) is 0 Å². The van der Waals surface area contributed by atoms with E-state index >= 15 is 0 Å². The van der Waals surface area contributed by atoms with Crippen LogP contribution in [0.3, 0.4) is 0 Å². The summed E-state index contributed by atoms with van der Waals surface area (Å²) >= 11 is 0. The Labute approximate surface area is 97.4 Å². The molecule has 1 aromatic heterocycles. The molecule has 0 saturated heterocycles. The van der Waals surface area contributed by atoms with Gasteiger partial charge in [-0.05, 0) is 19.4 Å². The number of rotatable bonds is 6. The van der Waals surface area contributed by atoms with Gasteiger partial charge in [-0.3, -0.25) is 0 Å². The maximum Gasteiger partial charge on any atom is 0.233 e. The van der Waals surface area contributed by atoms with Crippen LogP contribution in [0.4, 0.5) is 0 Å². The van der Waals surface area contributed by atoms with E-state index in [1.807, 2.05) is 19.1 Å². The first-order valence-corrected chi connectivity index (χ1v) is 5.84. The number of hydrogen-bond donors (Lipinski definition) is 1. The summed E-state index contributed by atoms with van der Waals surface area (Å²) in [5, 5.41) is 11.4. The van der Waals surface area contributed by atoms with Crippen molar-refractivity contribution in [3.05, 3.63) is 17.8 Å². The van der Waals surface area contributed by atoms with Crippen LogP contribution in [0.1, 0.15) is 39.8 Å². The van der Waals surface area contributed by atoms with Gasteiger partial charge in [-0.25, -0.2) is 0 Å². The molecule has 0 aliphatic rings. The second-order valence-electron chi connectivity index (χ2n) is 4.24. The van der Waals surface area contributed by atoms with Crippen molar-refractivity contribution in [2.24, 2.45) is 0 Å². The summed E-state index contributed by atoms with van der Waals surface area (Å²) in [4.78, 5) is 0. The number of nitrogens with one attached hydrogen (secondary N) is 1. The Bertz CT molecular complexity index is 298. The van der Waals surface area contributed by atoms with E-state index in [1.54, 1.807) is 0 Å². The van der Waals surface area contributed by atoms with Crippen molar-refractivity contribution in [1.82, 2.24) is 15.5 Å². The Morgan fingerprint density at radius 2 is 2.00 bits per heavy atom. The summed E-state index contributed by atoms with van der Waals surface area (Å²) in [6.45, 7) is 9.06. The summed E-state index contributed by atoms with van der Waals surface area (Å²) < 4.78 is 5.55. The molecule has 0 aromatic carbocycles. The van der Waals surface area contributed by atoms with Gasteiger partial charge >= 0.3 is 0 Å². The van der Waals surface area contributed by atoms with E-state index in [0.29, 0.717) is 11.9 Å². The number of aromatic nitrogens is 2. The van der Waals surface area contributed by atoms with Crippen LogP contribution in [-0.4, -0.2) is 22.3 Å². The standard InChI is InChI=1S/C12H21N3O/c1-5-10(4)16-12-7-6-11(14-15-12)8-13-9(2)3/h6-7,9-10,13H,5,8H2,1-4H3. The first-order valence-electron chi connectivity index (χ1n) is 5.84. The minimum absolute atomic E-state index is 0.189. The van der Waals surface area contributed by atoms with Gasteiger partial charge in [-0.15, -0.1) is 5.10 Å².